The molecule has 0 amide bonds. The van der Waals surface area contributed by atoms with E-state index in [1.165, 1.54) is 23.8 Å². The summed E-state index contributed by atoms with van der Waals surface area (Å²) < 4.78 is 56.1. The normalized spacial score (nSPS) is 18.3. The van der Waals surface area contributed by atoms with Gasteiger partial charge in [0.15, 0.2) is 17.4 Å². The Labute approximate surface area is 246 Å². The van der Waals surface area contributed by atoms with E-state index in [4.69, 9.17) is 23.7 Å². The molecule has 0 saturated carbocycles. The van der Waals surface area contributed by atoms with Crippen molar-refractivity contribution in [1.29, 1.82) is 0 Å². The lowest BCUT2D eigenvalue weighted by molar-refractivity contribution is 0.0106. The van der Waals surface area contributed by atoms with Crippen molar-refractivity contribution in [3.8, 4) is 17.2 Å². The summed E-state index contributed by atoms with van der Waals surface area (Å²) in [6, 6.07) is 18.1. The van der Waals surface area contributed by atoms with E-state index < -0.39 is 11.6 Å². The molecule has 1 N–H and O–H groups in total. The van der Waals surface area contributed by atoms with E-state index in [9.17, 15) is 8.78 Å². The van der Waals surface area contributed by atoms with Crippen LogP contribution in [0.15, 0.2) is 60.7 Å². The average Bonchev–Trinajstić information content (AvgIpc) is 3.02. The smallest absolute Gasteiger partial charge is 0.190 e. The predicted molar refractivity (Wildman–Crippen MR) is 158 cm³/mol. The largest absolute Gasteiger partial charge is 0.493 e. The van der Waals surface area contributed by atoms with Crippen molar-refractivity contribution in [2.45, 2.75) is 37.9 Å². The van der Waals surface area contributed by atoms with E-state index in [1.807, 2.05) is 12.1 Å². The number of piperidine rings is 1. The maximum absolute atomic E-state index is 13.7. The van der Waals surface area contributed by atoms with Crippen LogP contribution < -0.4 is 24.4 Å². The molecule has 2 unspecified atom stereocenters. The Morgan fingerprint density at radius 2 is 1.76 bits per heavy atom. The fraction of sp³-hybridized carbons (Fsp3) is 0.455. The molecule has 1 fully saturated rings. The van der Waals surface area contributed by atoms with Gasteiger partial charge in [-0.05, 0) is 66.9 Å². The minimum atomic E-state index is -0.704. The van der Waals surface area contributed by atoms with Gasteiger partial charge in [0.25, 0.3) is 0 Å². The molecule has 226 valence electrons. The Hall–Kier alpha value is -3.40. The lowest BCUT2D eigenvalue weighted by atomic mass is 9.87. The molecular formula is C33H40F2N2O5. The molecular weight excluding hydrogens is 542 g/mol. The molecule has 3 aromatic carbocycles. The third kappa shape index (κ3) is 7.91. The average molecular weight is 583 g/mol. The fourth-order valence-corrected chi connectivity index (χ4v) is 5.48. The fourth-order valence-electron chi connectivity index (χ4n) is 5.48. The molecule has 0 radical (unpaired) electrons. The lowest BCUT2D eigenvalue weighted by Gasteiger charge is -2.33. The summed E-state index contributed by atoms with van der Waals surface area (Å²) in [6.07, 6.45) is 2.51. The third-order valence-corrected chi connectivity index (χ3v) is 7.68. The van der Waals surface area contributed by atoms with Crippen LogP contribution in [-0.2, 0) is 16.1 Å². The molecule has 1 saturated heterocycles. The Kier molecular flexibility index (Phi) is 10.9. The number of hydrogen-bond acceptors (Lipinski definition) is 7. The quantitative estimate of drug-likeness (QED) is 0.244. The number of methoxy groups -OCH3 is 1. The number of fused-ring (bicyclic) bond motifs is 1. The van der Waals surface area contributed by atoms with Crippen molar-refractivity contribution in [1.82, 2.24) is 5.32 Å². The van der Waals surface area contributed by atoms with Gasteiger partial charge in [-0.1, -0.05) is 24.3 Å². The second-order valence-electron chi connectivity index (χ2n) is 10.6. The standard InChI is InChI=1S/C33H40F2N2O5/c1-38-17-3-15-37-16-20-40-31-12-7-24(21-30(31)37)23-42-32-22-36-14-13-27(32)25-8-10-26(11-9-25)39-18-4-19-41-33-28(34)5-2-6-29(33)35/h2,5-12,21,27,32,36H,3-4,13-20,22-23H2,1H3. The van der Waals surface area contributed by atoms with Crippen molar-refractivity contribution in [3.05, 3.63) is 83.4 Å². The van der Waals surface area contributed by atoms with Gasteiger partial charge in [0.2, 0.25) is 0 Å². The van der Waals surface area contributed by atoms with Gasteiger partial charge in [-0.2, -0.15) is 0 Å². The van der Waals surface area contributed by atoms with Crippen molar-refractivity contribution in [2.75, 3.05) is 64.6 Å². The molecule has 0 bridgehead atoms. The van der Waals surface area contributed by atoms with Crippen molar-refractivity contribution >= 4 is 5.69 Å². The van der Waals surface area contributed by atoms with E-state index in [1.54, 1.807) is 7.11 Å². The highest BCUT2D eigenvalue weighted by Gasteiger charge is 2.27. The first-order chi connectivity index (χ1) is 20.6. The maximum Gasteiger partial charge on any atom is 0.190 e. The first-order valence-electron chi connectivity index (χ1n) is 14.7. The number of para-hydroxylation sites is 1. The maximum atomic E-state index is 13.7. The van der Waals surface area contributed by atoms with E-state index in [0.717, 1.165) is 68.4 Å². The zero-order valence-corrected chi connectivity index (χ0v) is 24.2. The number of benzene rings is 3. The second-order valence-corrected chi connectivity index (χ2v) is 10.6. The summed E-state index contributed by atoms with van der Waals surface area (Å²) in [5, 5.41) is 3.48. The van der Waals surface area contributed by atoms with Crippen molar-refractivity contribution < 1.29 is 32.5 Å². The van der Waals surface area contributed by atoms with E-state index in [2.05, 4.69) is 40.5 Å². The topological polar surface area (TPSA) is 61.4 Å². The highest BCUT2D eigenvalue weighted by Crippen LogP contribution is 2.34. The Balaban J connectivity index is 1.11. The molecule has 0 spiro atoms. The molecule has 2 heterocycles. The van der Waals surface area contributed by atoms with E-state index in [0.29, 0.717) is 26.2 Å². The highest BCUT2D eigenvalue weighted by atomic mass is 19.1. The Bertz CT molecular complexity index is 1260. The van der Waals surface area contributed by atoms with E-state index in [-0.39, 0.29) is 24.4 Å². The van der Waals surface area contributed by atoms with Crippen LogP contribution >= 0.6 is 0 Å². The first-order valence-corrected chi connectivity index (χ1v) is 14.7. The highest BCUT2D eigenvalue weighted by molar-refractivity contribution is 5.61. The summed E-state index contributed by atoms with van der Waals surface area (Å²) in [5.74, 6) is 0.188. The van der Waals surface area contributed by atoms with Crippen LogP contribution in [0.3, 0.4) is 0 Å². The van der Waals surface area contributed by atoms with Gasteiger partial charge in [0.05, 0.1) is 38.2 Å². The molecule has 0 aromatic heterocycles. The lowest BCUT2D eigenvalue weighted by Crippen LogP contribution is -2.41. The molecule has 42 heavy (non-hydrogen) atoms. The zero-order chi connectivity index (χ0) is 29.1. The zero-order valence-electron chi connectivity index (χ0n) is 24.2. The van der Waals surface area contributed by atoms with Crippen LogP contribution in [0.25, 0.3) is 0 Å². The molecule has 2 aliphatic rings. The third-order valence-electron chi connectivity index (χ3n) is 7.68. The molecule has 2 atom stereocenters. The summed E-state index contributed by atoms with van der Waals surface area (Å²) in [6.45, 7) is 6.05. The van der Waals surface area contributed by atoms with Crippen LogP contribution in [0.1, 0.15) is 36.3 Å². The summed E-state index contributed by atoms with van der Waals surface area (Å²) in [7, 11) is 1.74. The molecule has 9 heteroatoms. The van der Waals surface area contributed by atoms with Gasteiger partial charge in [0, 0.05) is 39.1 Å². The SMILES string of the molecule is COCCCN1CCOc2ccc(COC3CNCCC3c3ccc(OCCCOc4c(F)cccc4F)cc3)cc21. The predicted octanol–water partition coefficient (Wildman–Crippen LogP) is 5.71. The number of nitrogens with one attached hydrogen (secondary N) is 1. The molecule has 0 aliphatic carbocycles. The van der Waals surface area contributed by atoms with Crippen molar-refractivity contribution in [2.24, 2.45) is 0 Å². The molecule has 7 nitrogen and oxygen atoms in total. The van der Waals surface area contributed by atoms with Gasteiger partial charge in [0.1, 0.15) is 18.1 Å². The minimum absolute atomic E-state index is 0.0477. The van der Waals surface area contributed by atoms with Gasteiger partial charge in [-0.15, -0.1) is 0 Å². The number of rotatable bonds is 14. The monoisotopic (exact) mass is 582 g/mol. The van der Waals surface area contributed by atoms with Crippen LogP contribution in [0.5, 0.6) is 17.2 Å². The molecule has 3 aromatic rings. The van der Waals surface area contributed by atoms with Crippen molar-refractivity contribution in [3.63, 3.8) is 0 Å². The minimum Gasteiger partial charge on any atom is -0.493 e. The second kappa shape index (κ2) is 15.2. The Morgan fingerprint density at radius 1 is 0.952 bits per heavy atom. The van der Waals surface area contributed by atoms with Gasteiger partial charge < -0.3 is 33.9 Å². The summed E-state index contributed by atoms with van der Waals surface area (Å²) in [5.41, 5.74) is 3.47. The van der Waals surface area contributed by atoms with E-state index >= 15 is 0 Å². The Morgan fingerprint density at radius 3 is 2.57 bits per heavy atom. The number of ether oxygens (including phenoxy) is 5. The first kappa shape index (κ1) is 30.1. The number of nitrogens with zero attached hydrogens (tertiary/aromatic N) is 1. The van der Waals surface area contributed by atoms with Gasteiger partial charge in [-0.25, -0.2) is 8.78 Å². The summed E-state index contributed by atoms with van der Waals surface area (Å²) >= 11 is 0. The van der Waals surface area contributed by atoms with Crippen LogP contribution in [0.4, 0.5) is 14.5 Å². The molecule has 2 aliphatic heterocycles. The summed E-state index contributed by atoms with van der Waals surface area (Å²) in [4.78, 5) is 2.37. The molecule has 5 rings (SSSR count). The van der Waals surface area contributed by atoms with Crippen LogP contribution in [0, 0.1) is 11.6 Å². The van der Waals surface area contributed by atoms with Crippen LogP contribution in [-0.4, -0.2) is 65.8 Å². The number of halogens is 2. The van der Waals surface area contributed by atoms with Crippen LogP contribution in [0.2, 0.25) is 0 Å². The number of anilines is 1. The van der Waals surface area contributed by atoms with Gasteiger partial charge >= 0.3 is 0 Å². The number of hydrogen-bond donors (Lipinski definition) is 1. The van der Waals surface area contributed by atoms with Gasteiger partial charge in [-0.3, -0.25) is 0 Å².